The van der Waals surface area contributed by atoms with Gasteiger partial charge in [-0.15, -0.1) is 0 Å². The van der Waals surface area contributed by atoms with E-state index in [0.717, 1.165) is 18.1 Å². The van der Waals surface area contributed by atoms with Crippen LogP contribution >= 0.6 is 0 Å². The maximum Gasteiger partial charge on any atom is 0.335 e. The number of likely N-dealkylation sites (tertiary alicyclic amines) is 1. The number of ether oxygens (including phenoxy) is 3. The summed E-state index contributed by atoms with van der Waals surface area (Å²) in [6.45, 7) is 4.66. The average molecular weight is 597 g/mol. The molecule has 0 radical (unpaired) electrons. The minimum Gasteiger partial charge on any atom is -0.478 e. The van der Waals surface area contributed by atoms with Gasteiger partial charge in [0.25, 0.3) is 5.79 Å². The Morgan fingerprint density at radius 3 is 2.61 bits per heavy atom. The molecule has 9 nitrogen and oxygen atoms in total. The van der Waals surface area contributed by atoms with Crippen molar-refractivity contribution in [3.05, 3.63) is 99.4 Å². The first-order valence-electron chi connectivity index (χ1n) is 14.4. The lowest BCUT2D eigenvalue weighted by Crippen LogP contribution is -2.33. The molecule has 1 aliphatic carbocycles. The number of hydrogen-bond donors (Lipinski definition) is 1. The topological polar surface area (TPSA) is 110 Å². The number of piperidine rings is 1. The van der Waals surface area contributed by atoms with E-state index in [1.807, 2.05) is 22.8 Å². The number of halogens is 2. The van der Waals surface area contributed by atoms with Gasteiger partial charge in [0.15, 0.2) is 17.3 Å². The summed E-state index contributed by atoms with van der Waals surface area (Å²) in [5.74, 6) is -1.93. The van der Waals surface area contributed by atoms with Crippen LogP contribution in [0.25, 0.3) is 11.0 Å². The zero-order valence-electron chi connectivity index (χ0n) is 23.6. The van der Waals surface area contributed by atoms with Gasteiger partial charge in [0.05, 0.1) is 47.5 Å². The van der Waals surface area contributed by atoms with E-state index in [4.69, 9.17) is 19.5 Å². The summed E-state index contributed by atoms with van der Waals surface area (Å²) >= 11 is 0. The molecule has 0 bridgehead atoms. The molecule has 222 valence electrons. The molecule has 0 amide bonds. The highest BCUT2D eigenvalue weighted by atomic mass is 19.1. The van der Waals surface area contributed by atoms with Gasteiger partial charge in [0.2, 0.25) is 0 Å². The number of aromatic nitrogens is 2. The highest BCUT2D eigenvalue weighted by molar-refractivity contribution is 5.92. The van der Waals surface area contributed by atoms with Crippen molar-refractivity contribution in [1.29, 1.82) is 5.26 Å². The maximum absolute atomic E-state index is 14.9. The SMILES string of the molecule is C[C@@]1(c2ccc(C#N)cc2F)Oc2cccc(C3C4=C3CN(Cc3nc5c(F)cc(C(=O)O)cc5n3C[C@@H]3CCO3)C4)c2O1. The largest absolute Gasteiger partial charge is 0.478 e. The van der Waals surface area contributed by atoms with Crippen molar-refractivity contribution in [2.24, 2.45) is 0 Å². The molecule has 0 saturated carbocycles. The van der Waals surface area contributed by atoms with Crippen molar-refractivity contribution in [3.63, 3.8) is 0 Å². The number of rotatable bonds is 7. The number of nitriles is 1. The van der Waals surface area contributed by atoms with Crippen molar-refractivity contribution in [1.82, 2.24) is 14.5 Å². The van der Waals surface area contributed by atoms with Crippen molar-refractivity contribution >= 4 is 17.0 Å². The van der Waals surface area contributed by atoms with Crippen LogP contribution in [0, 0.1) is 23.0 Å². The predicted octanol–water partition coefficient (Wildman–Crippen LogP) is 5.23. The standard InChI is InChI=1S/C33H26F2N4O5/c1-33(23-6-5-17(12-36)9-24(23)34)43-27-4-2-3-20(31(27)44-33)29-21-14-38(15-22(21)29)16-28-37-30-25(35)10-18(32(40)41)11-26(30)39(28)13-19-7-8-42-19/h2-6,9-11,19,29H,7-8,13-16H2,1H3,(H,40,41)/t19-,33+/m0/s1. The van der Waals surface area contributed by atoms with Crippen LogP contribution in [0.4, 0.5) is 8.78 Å². The summed E-state index contributed by atoms with van der Waals surface area (Å²) in [5.41, 5.74) is 4.42. The fourth-order valence-electron chi connectivity index (χ4n) is 6.68. The van der Waals surface area contributed by atoms with E-state index in [1.54, 1.807) is 19.1 Å². The van der Waals surface area contributed by atoms with Crippen molar-refractivity contribution in [2.75, 3.05) is 19.7 Å². The van der Waals surface area contributed by atoms with Crippen LogP contribution < -0.4 is 9.47 Å². The van der Waals surface area contributed by atoms with Gasteiger partial charge in [-0.3, -0.25) is 4.90 Å². The molecule has 44 heavy (non-hydrogen) atoms. The van der Waals surface area contributed by atoms with Gasteiger partial charge < -0.3 is 23.9 Å². The first-order valence-corrected chi connectivity index (χ1v) is 14.4. The molecule has 11 heteroatoms. The third-order valence-electron chi connectivity index (χ3n) is 9.00. The predicted molar refractivity (Wildman–Crippen MR) is 152 cm³/mol. The second kappa shape index (κ2) is 9.61. The number of nitrogens with zero attached hydrogens (tertiary/aromatic N) is 4. The number of para-hydroxylation sites is 1. The highest BCUT2D eigenvalue weighted by Gasteiger charge is 2.49. The summed E-state index contributed by atoms with van der Waals surface area (Å²) in [7, 11) is 0. The quantitative estimate of drug-likeness (QED) is 0.289. The molecule has 1 aromatic heterocycles. The fraction of sp³-hybridized carbons (Fsp3) is 0.303. The number of imidazole rings is 1. The van der Waals surface area contributed by atoms with Gasteiger partial charge in [0, 0.05) is 38.1 Å². The van der Waals surface area contributed by atoms with Gasteiger partial charge in [-0.1, -0.05) is 12.1 Å². The van der Waals surface area contributed by atoms with Crippen LogP contribution in [0.2, 0.25) is 0 Å². The van der Waals surface area contributed by atoms with E-state index in [2.05, 4.69) is 9.88 Å². The van der Waals surface area contributed by atoms with Crippen LogP contribution in [0.3, 0.4) is 0 Å². The van der Waals surface area contributed by atoms with Crippen LogP contribution in [-0.4, -0.2) is 51.3 Å². The highest BCUT2D eigenvalue weighted by Crippen LogP contribution is 2.58. The molecule has 1 saturated heterocycles. The molecular formula is C33H26F2N4O5. The average Bonchev–Trinajstić information content (AvgIpc) is 3.26. The number of fused-ring (bicyclic) bond motifs is 2. The molecule has 1 fully saturated rings. The third-order valence-corrected chi connectivity index (χ3v) is 9.00. The molecule has 4 heterocycles. The van der Waals surface area contributed by atoms with Crippen LogP contribution in [-0.2, 0) is 23.6 Å². The monoisotopic (exact) mass is 596 g/mol. The molecule has 2 atom stereocenters. The Balaban J connectivity index is 1.01. The van der Waals surface area contributed by atoms with E-state index >= 15 is 0 Å². The number of hydrogen-bond acceptors (Lipinski definition) is 7. The number of carbonyl (C=O) groups is 1. The zero-order chi connectivity index (χ0) is 30.3. The second-order valence-electron chi connectivity index (χ2n) is 11.8. The van der Waals surface area contributed by atoms with E-state index in [1.165, 1.54) is 29.3 Å². The number of carboxylic acids is 1. The fourth-order valence-corrected chi connectivity index (χ4v) is 6.68. The lowest BCUT2D eigenvalue weighted by atomic mass is 10.0. The van der Waals surface area contributed by atoms with Gasteiger partial charge in [0.1, 0.15) is 17.2 Å². The minimum atomic E-state index is -1.37. The lowest BCUT2D eigenvalue weighted by molar-refractivity contribution is -0.0710. The van der Waals surface area contributed by atoms with Crippen LogP contribution in [0.1, 0.15) is 52.1 Å². The Morgan fingerprint density at radius 1 is 1.14 bits per heavy atom. The Labute approximate surface area is 250 Å². The summed E-state index contributed by atoms with van der Waals surface area (Å²) in [6.07, 6.45) is 0.861. The Morgan fingerprint density at radius 2 is 1.93 bits per heavy atom. The van der Waals surface area contributed by atoms with Crippen LogP contribution in [0.15, 0.2) is 59.7 Å². The van der Waals surface area contributed by atoms with Crippen molar-refractivity contribution in [2.45, 2.75) is 44.2 Å². The molecule has 4 aliphatic rings. The third kappa shape index (κ3) is 4.17. The van der Waals surface area contributed by atoms with Gasteiger partial charge in [-0.25, -0.2) is 18.6 Å². The lowest BCUT2D eigenvalue weighted by Gasteiger charge is -2.28. The van der Waals surface area contributed by atoms with Gasteiger partial charge in [-0.2, -0.15) is 5.26 Å². The van der Waals surface area contributed by atoms with E-state index < -0.39 is 23.4 Å². The normalized spacial score (nSPS) is 22.3. The summed E-state index contributed by atoms with van der Waals surface area (Å²) in [6, 6.07) is 14.4. The number of benzene rings is 3. The maximum atomic E-state index is 14.9. The Bertz CT molecular complexity index is 1960. The van der Waals surface area contributed by atoms with Crippen molar-refractivity contribution < 1.29 is 32.9 Å². The van der Waals surface area contributed by atoms with E-state index in [0.29, 0.717) is 55.6 Å². The minimum absolute atomic E-state index is 0.0198. The van der Waals surface area contributed by atoms with Gasteiger partial charge in [-0.05, 0) is 54.0 Å². The molecule has 0 unspecified atom stereocenters. The Hall–Kier alpha value is -4.79. The summed E-state index contributed by atoms with van der Waals surface area (Å²) < 4.78 is 49.8. The van der Waals surface area contributed by atoms with Crippen molar-refractivity contribution in [3.8, 4) is 17.6 Å². The molecule has 3 aliphatic heterocycles. The zero-order valence-corrected chi connectivity index (χ0v) is 23.6. The van der Waals surface area contributed by atoms with E-state index in [9.17, 15) is 18.7 Å². The number of carboxylic acid groups (broad SMARTS) is 1. The molecule has 1 N–H and O–H groups in total. The van der Waals surface area contributed by atoms with Crippen LogP contribution in [0.5, 0.6) is 11.5 Å². The first-order chi connectivity index (χ1) is 21.2. The summed E-state index contributed by atoms with van der Waals surface area (Å²) in [4.78, 5) is 18.4. The Kier molecular flexibility index (Phi) is 5.85. The molecular weight excluding hydrogens is 570 g/mol. The first kappa shape index (κ1) is 26.8. The summed E-state index contributed by atoms with van der Waals surface area (Å²) in [5, 5.41) is 18.6. The number of aromatic carboxylic acids is 1. The molecule has 3 aromatic carbocycles. The van der Waals surface area contributed by atoms with E-state index in [-0.39, 0.29) is 34.2 Å². The molecule has 4 aromatic rings. The second-order valence-corrected chi connectivity index (χ2v) is 11.8. The molecule has 0 spiro atoms. The smallest absolute Gasteiger partial charge is 0.335 e. The van der Waals surface area contributed by atoms with Gasteiger partial charge >= 0.3 is 5.97 Å². The molecule has 8 rings (SSSR count).